The molecule has 0 bridgehead atoms. The van der Waals surface area contributed by atoms with Crippen molar-refractivity contribution in [2.45, 2.75) is 46.0 Å². The number of carbonyl (C=O) groups is 1. The van der Waals surface area contributed by atoms with Gasteiger partial charge in [-0.05, 0) is 29.9 Å². The largest absolute Gasteiger partial charge is 0.511 e. The maximum Gasteiger partial charge on any atom is 0.511 e. The normalized spacial score (nSPS) is 11.3. The van der Waals surface area contributed by atoms with Crippen LogP contribution in [0.25, 0.3) is 0 Å². The molecule has 0 heterocycles. The van der Waals surface area contributed by atoms with Crippen molar-refractivity contribution in [1.82, 2.24) is 0 Å². The maximum absolute atomic E-state index is 10.7. The second-order valence-electron chi connectivity index (χ2n) is 4.75. The van der Waals surface area contributed by atoms with Crippen LogP contribution in [0.1, 0.15) is 45.2 Å². The minimum atomic E-state index is -1.26. The van der Waals surface area contributed by atoms with Crippen LogP contribution in [0.3, 0.4) is 0 Å². The summed E-state index contributed by atoms with van der Waals surface area (Å²) in [7, 11) is 0. The first kappa shape index (κ1) is 13.6. The maximum atomic E-state index is 10.7. The number of hydrogen-bond donors (Lipinski definition) is 1. The Morgan fingerprint density at radius 2 is 2.00 bits per heavy atom. The molecule has 1 aromatic carbocycles. The van der Waals surface area contributed by atoms with Gasteiger partial charge in [0.15, 0.2) is 0 Å². The summed E-state index contributed by atoms with van der Waals surface area (Å²) >= 11 is 0. The van der Waals surface area contributed by atoms with Gasteiger partial charge < -0.3 is 9.84 Å². The summed E-state index contributed by atoms with van der Waals surface area (Å²) in [5, 5.41) is 8.77. The number of rotatable bonds is 4. The molecular weight excluding hydrogens is 216 g/mol. The predicted molar refractivity (Wildman–Crippen MR) is 67.8 cm³/mol. The SMILES string of the molecule is CCc1cccc(OC(=O)O)c1C(C)(C)CC. The molecule has 0 saturated heterocycles. The van der Waals surface area contributed by atoms with Gasteiger partial charge in [-0.2, -0.15) is 0 Å². The zero-order valence-electron chi connectivity index (χ0n) is 10.9. The van der Waals surface area contributed by atoms with Crippen LogP contribution >= 0.6 is 0 Å². The van der Waals surface area contributed by atoms with Crippen LogP contribution in [0.5, 0.6) is 5.75 Å². The summed E-state index contributed by atoms with van der Waals surface area (Å²) in [6.07, 6.45) is 0.543. The third-order valence-electron chi connectivity index (χ3n) is 3.25. The standard InChI is InChI=1S/C14H20O3/c1-5-10-8-7-9-11(17-13(15)16)12(10)14(3,4)6-2/h7-9H,5-6H2,1-4H3,(H,15,16). The minimum absolute atomic E-state index is 0.0859. The topological polar surface area (TPSA) is 46.5 Å². The first-order valence-electron chi connectivity index (χ1n) is 5.95. The highest BCUT2D eigenvalue weighted by Crippen LogP contribution is 2.37. The van der Waals surface area contributed by atoms with Gasteiger partial charge in [0, 0.05) is 5.56 Å². The Hall–Kier alpha value is -1.51. The minimum Gasteiger partial charge on any atom is -0.449 e. The molecular formula is C14H20O3. The molecule has 0 amide bonds. The second-order valence-corrected chi connectivity index (χ2v) is 4.75. The molecule has 94 valence electrons. The fourth-order valence-corrected chi connectivity index (χ4v) is 2.00. The highest BCUT2D eigenvalue weighted by atomic mass is 16.7. The lowest BCUT2D eigenvalue weighted by Gasteiger charge is -2.28. The average molecular weight is 236 g/mol. The van der Waals surface area contributed by atoms with E-state index in [1.807, 2.05) is 12.1 Å². The van der Waals surface area contributed by atoms with Gasteiger partial charge in [-0.15, -0.1) is 0 Å². The van der Waals surface area contributed by atoms with Gasteiger partial charge in [-0.3, -0.25) is 0 Å². The fourth-order valence-electron chi connectivity index (χ4n) is 2.00. The van der Waals surface area contributed by atoms with Crippen LogP contribution in [0.15, 0.2) is 18.2 Å². The lowest BCUT2D eigenvalue weighted by Crippen LogP contribution is -2.20. The second kappa shape index (κ2) is 5.21. The van der Waals surface area contributed by atoms with Gasteiger partial charge in [0.25, 0.3) is 0 Å². The van der Waals surface area contributed by atoms with Crippen molar-refractivity contribution in [2.24, 2.45) is 0 Å². The molecule has 0 unspecified atom stereocenters. The quantitative estimate of drug-likeness (QED) is 0.635. The van der Waals surface area contributed by atoms with Crippen molar-refractivity contribution in [3.05, 3.63) is 29.3 Å². The highest BCUT2D eigenvalue weighted by Gasteiger charge is 2.26. The molecule has 0 fully saturated rings. The molecule has 3 nitrogen and oxygen atoms in total. The monoisotopic (exact) mass is 236 g/mol. The number of ether oxygens (including phenoxy) is 1. The molecule has 0 saturated carbocycles. The molecule has 0 atom stereocenters. The van der Waals surface area contributed by atoms with Gasteiger partial charge in [0.1, 0.15) is 5.75 Å². The van der Waals surface area contributed by atoms with E-state index in [0.29, 0.717) is 5.75 Å². The van der Waals surface area contributed by atoms with E-state index >= 15 is 0 Å². The van der Waals surface area contributed by atoms with Crippen LogP contribution in [0.2, 0.25) is 0 Å². The van der Waals surface area contributed by atoms with Crippen molar-refractivity contribution in [3.63, 3.8) is 0 Å². The van der Waals surface area contributed by atoms with Crippen LogP contribution in [0.4, 0.5) is 4.79 Å². The third kappa shape index (κ3) is 2.99. The van der Waals surface area contributed by atoms with Gasteiger partial charge >= 0.3 is 6.16 Å². The molecule has 0 aliphatic carbocycles. The molecule has 17 heavy (non-hydrogen) atoms. The summed E-state index contributed by atoms with van der Waals surface area (Å²) in [6, 6.07) is 5.59. The van der Waals surface area contributed by atoms with E-state index in [1.165, 1.54) is 0 Å². The van der Waals surface area contributed by atoms with Crippen LogP contribution in [-0.2, 0) is 11.8 Å². The average Bonchev–Trinajstić information content (AvgIpc) is 2.27. The number of hydrogen-bond acceptors (Lipinski definition) is 2. The molecule has 0 spiro atoms. The van der Waals surface area contributed by atoms with E-state index in [9.17, 15) is 4.79 Å². The zero-order chi connectivity index (χ0) is 13.1. The first-order valence-corrected chi connectivity index (χ1v) is 5.95. The summed E-state index contributed by atoms with van der Waals surface area (Å²) in [5.74, 6) is 0.462. The Labute approximate surface area is 102 Å². The van der Waals surface area contributed by atoms with E-state index in [2.05, 4.69) is 27.7 Å². The Balaban J connectivity index is 3.35. The number of aryl methyl sites for hydroxylation is 1. The Morgan fingerprint density at radius 3 is 2.47 bits per heavy atom. The lowest BCUT2D eigenvalue weighted by molar-refractivity contribution is 0.143. The van der Waals surface area contributed by atoms with Crippen LogP contribution < -0.4 is 4.74 Å². The van der Waals surface area contributed by atoms with Crippen LogP contribution in [0, 0.1) is 0 Å². The van der Waals surface area contributed by atoms with Crippen molar-refractivity contribution in [2.75, 3.05) is 0 Å². The Bertz CT molecular complexity index is 408. The van der Waals surface area contributed by atoms with Crippen molar-refractivity contribution in [1.29, 1.82) is 0 Å². The summed E-state index contributed by atoms with van der Waals surface area (Å²) in [6.45, 7) is 8.37. The molecule has 3 heteroatoms. The number of carboxylic acid groups (broad SMARTS) is 1. The Morgan fingerprint density at radius 1 is 1.35 bits per heavy atom. The molecule has 1 N–H and O–H groups in total. The third-order valence-corrected chi connectivity index (χ3v) is 3.25. The highest BCUT2D eigenvalue weighted by molar-refractivity contribution is 5.63. The number of benzene rings is 1. The van der Waals surface area contributed by atoms with Crippen LogP contribution in [-0.4, -0.2) is 11.3 Å². The molecule has 1 aromatic rings. The van der Waals surface area contributed by atoms with Gasteiger partial charge in [-0.25, -0.2) is 4.79 Å². The summed E-state index contributed by atoms with van der Waals surface area (Å²) in [4.78, 5) is 10.7. The van der Waals surface area contributed by atoms with E-state index in [0.717, 1.165) is 24.0 Å². The fraction of sp³-hybridized carbons (Fsp3) is 0.500. The first-order chi connectivity index (χ1) is 7.92. The van der Waals surface area contributed by atoms with Gasteiger partial charge in [0.2, 0.25) is 0 Å². The summed E-state index contributed by atoms with van der Waals surface area (Å²) in [5.41, 5.74) is 2.07. The predicted octanol–water partition coefficient (Wildman–Crippen LogP) is 3.99. The Kier molecular flexibility index (Phi) is 4.16. The van der Waals surface area contributed by atoms with E-state index < -0.39 is 6.16 Å². The molecule has 0 aliphatic rings. The molecule has 0 aromatic heterocycles. The molecule has 0 radical (unpaired) electrons. The van der Waals surface area contributed by atoms with Crippen molar-refractivity contribution < 1.29 is 14.6 Å². The van der Waals surface area contributed by atoms with Crippen molar-refractivity contribution in [3.8, 4) is 5.75 Å². The van der Waals surface area contributed by atoms with Gasteiger partial charge in [0.05, 0.1) is 0 Å². The van der Waals surface area contributed by atoms with Gasteiger partial charge in [-0.1, -0.05) is 39.8 Å². The van der Waals surface area contributed by atoms with E-state index in [-0.39, 0.29) is 5.41 Å². The van der Waals surface area contributed by atoms with E-state index in [1.54, 1.807) is 6.07 Å². The smallest absolute Gasteiger partial charge is 0.449 e. The van der Waals surface area contributed by atoms with E-state index in [4.69, 9.17) is 9.84 Å². The summed E-state index contributed by atoms with van der Waals surface area (Å²) < 4.78 is 4.89. The lowest BCUT2D eigenvalue weighted by atomic mass is 9.78. The zero-order valence-corrected chi connectivity index (χ0v) is 10.9. The van der Waals surface area contributed by atoms with Crippen molar-refractivity contribution >= 4 is 6.16 Å². The molecule has 0 aliphatic heterocycles. The molecule has 1 rings (SSSR count).